The lowest BCUT2D eigenvalue weighted by Gasteiger charge is -2.37. The summed E-state index contributed by atoms with van der Waals surface area (Å²) < 4.78 is 5.46. The van der Waals surface area contributed by atoms with Gasteiger partial charge in [-0.05, 0) is 19.3 Å². The molecule has 1 aliphatic rings. The van der Waals surface area contributed by atoms with Crippen molar-refractivity contribution in [3.63, 3.8) is 0 Å². The third kappa shape index (κ3) is 4.67. The van der Waals surface area contributed by atoms with Crippen LogP contribution in [0.1, 0.15) is 36.9 Å². The first-order valence-electron chi connectivity index (χ1n) is 7.17. The third-order valence-electron chi connectivity index (χ3n) is 3.84. The second kappa shape index (κ2) is 8.95. The van der Waals surface area contributed by atoms with Crippen LogP contribution in [0.5, 0.6) is 0 Å². The first-order chi connectivity index (χ1) is 9.26. The van der Waals surface area contributed by atoms with Gasteiger partial charge in [-0.25, -0.2) is 4.98 Å². The zero-order chi connectivity index (χ0) is 13.7. The van der Waals surface area contributed by atoms with E-state index in [1.54, 1.807) is 18.4 Å². The summed E-state index contributed by atoms with van der Waals surface area (Å²) in [5, 5.41) is 3.41. The molecule has 0 spiro atoms. The molecule has 20 heavy (non-hydrogen) atoms. The molecular formula is C14H26ClN3OS. The highest BCUT2D eigenvalue weighted by Crippen LogP contribution is 2.22. The molecular weight excluding hydrogens is 294 g/mol. The van der Waals surface area contributed by atoms with Crippen LogP contribution in [0.4, 0.5) is 0 Å². The van der Waals surface area contributed by atoms with Gasteiger partial charge in [0.25, 0.3) is 0 Å². The van der Waals surface area contributed by atoms with Crippen molar-refractivity contribution in [1.29, 1.82) is 0 Å². The second-order valence-corrected chi connectivity index (χ2v) is 6.17. The minimum Gasteiger partial charge on any atom is -0.381 e. The van der Waals surface area contributed by atoms with Gasteiger partial charge in [0.1, 0.15) is 5.01 Å². The van der Waals surface area contributed by atoms with Gasteiger partial charge in [-0.15, -0.1) is 23.7 Å². The molecule has 0 radical (unpaired) electrons. The molecule has 1 aromatic rings. The van der Waals surface area contributed by atoms with Gasteiger partial charge in [-0.3, -0.25) is 4.90 Å². The minimum atomic E-state index is 0. The number of nitrogens with zero attached hydrogens (tertiary/aromatic N) is 2. The molecule has 2 N–H and O–H groups in total. The summed E-state index contributed by atoms with van der Waals surface area (Å²) in [6.07, 6.45) is 4.76. The van der Waals surface area contributed by atoms with E-state index < -0.39 is 0 Å². The van der Waals surface area contributed by atoms with Crippen molar-refractivity contribution in [2.75, 3.05) is 20.2 Å². The Labute approximate surface area is 132 Å². The Morgan fingerprint density at radius 2 is 2.35 bits per heavy atom. The van der Waals surface area contributed by atoms with Crippen molar-refractivity contribution in [1.82, 2.24) is 9.88 Å². The molecule has 0 bridgehead atoms. The van der Waals surface area contributed by atoms with E-state index in [9.17, 15) is 0 Å². The molecule has 4 nitrogen and oxygen atoms in total. The van der Waals surface area contributed by atoms with E-state index in [1.165, 1.54) is 10.7 Å². The predicted molar refractivity (Wildman–Crippen MR) is 86.6 cm³/mol. The van der Waals surface area contributed by atoms with Crippen molar-refractivity contribution < 1.29 is 4.74 Å². The predicted octanol–water partition coefficient (Wildman–Crippen LogP) is 2.46. The Bertz CT molecular complexity index is 388. The summed E-state index contributed by atoms with van der Waals surface area (Å²) in [6, 6.07) is 0.428. The lowest BCUT2D eigenvalue weighted by Crippen LogP contribution is -2.47. The summed E-state index contributed by atoms with van der Waals surface area (Å²) >= 11 is 1.78. The molecule has 0 aromatic carbocycles. The van der Waals surface area contributed by atoms with E-state index in [-0.39, 0.29) is 12.4 Å². The molecule has 116 valence electrons. The zero-order valence-corrected chi connectivity index (χ0v) is 14.0. The van der Waals surface area contributed by atoms with Gasteiger partial charge in [-0.1, -0.05) is 13.3 Å². The molecule has 2 rings (SSSR count). The maximum absolute atomic E-state index is 5.90. The average Bonchev–Trinajstić information content (AvgIpc) is 2.87. The topological polar surface area (TPSA) is 51.4 Å². The number of ether oxygens (including phenoxy) is 1. The number of hydrogen-bond acceptors (Lipinski definition) is 5. The Hall–Kier alpha value is -0.200. The fourth-order valence-corrected chi connectivity index (χ4v) is 3.55. The van der Waals surface area contributed by atoms with Crippen LogP contribution in [-0.2, 0) is 17.7 Å². The van der Waals surface area contributed by atoms with Crippen LogP contribution < -0.4 is 5.73 Å². The standard InChI is InChI=1S/C14H25N3OS.ClH/c1-3-4-11-10-19-14(16-11)9-17-6-5-13(18-2)7-12(17)8-15;/h10,12-13H,3-9,15H2,1-2H3;1H. The minimum absolute atomic E-state index is 0. The number of aromatic nitrogens is 1. The largest absolute Gasteiger partial charge is 0.381 e. The fraction of sp³-hybridized carbons (Fsp3) is 0.786. The van der Waals surface area contributed by atoms with Gasteiger partial charge >= 0.3 is 0 Å². The van der Waals surface area contributed by atoms with Crippen molar-refractivity contribution in [2.24, 2.45) is 5.73 Å². The van der Waals surface area contributed by atoms with Crippen molar-refractivity contribution in [3.8, 4) is 0 Å². The van der Waals surface area contributed by atoms with E-state index in [0.717, 1.165) is 38.8 Å². The van der Waals surface area contributed by atoms with E-state index in [0.29, 0.717) is 18.7 Å². The first-order valence-corrected chi connectivity index (χ1v) is 8.05. The third-order valence-corrected chi connectivity index (χ3v) is 4.72. The molecule has 2 atom stereocenters. The van der Waals surface area contributed by atoms with Crippen molar-refractivity contribution in [2.45, 2.75) is 51.3 Å². The van der Waals surface area contributed by atoms with E-state index in [4.69, 9.17) is 15.5 Å². The number of rotatable bonds is 6. The number of hydrogen-bond donors (Lipinski definition) is 1. The highest BCUT2D eigenvalue weighted by atomic mass is 35.5. The van der Waals surface area contributed by atoms with Gasteiger partial charge in [0.05, 0.1) is 18.3 Å². The van der Waals surface area contributed by atoms with Crippen LogP contribution >= 0.6 is 23.7 Å². The molecule has 2 heterocycles. The lowest BCUT2D eigenvalue weighted by molar-refractivity contribution is 0.0102. The molecule has 1 saturated heterocycles. The molecule has 6 heteroatoms. The van der Waals surface area contributed by atoms with Gasteiger partial charge < -0.3 is 10.5 Å². The fourth-order valence-electron chi connectivity index (χ4n) is 2.70. The van der Waals surface area contributed by atoms with Crippen LogP contribution in [0.25, 0.3) is 0 Å². The van der Waals surface area contributed by atoms with Crippen LogP contribution in [0.3, 0.4) is 0 Å². The number of methoxy groups -OCH3 is 1. The maximum atomic E-state index is 5.90. The quantitative estimate of drug-likeness (QED) is 0.875. The summed E-state index contributed by atoms with van der Waals surface area (Å²) in [4.78, 5) is 7.17. The van der Waals surface area contributed by atoms with Crippen LogP contribution in [0.15, 0.2) is 5.38 Å². The van der Waals surface area contributed by atoms with E-state index >= 15 is 0 Å². The first kappa shape index (κ1) is 17.9. The summed E-state index contributed by atoms with van der Waals surface area (Å²) in [5.41, 5.74) is 7.14. The molecule has 0 saturated carbocycles. The zero-order valence-electron chi connectivity index (χ0n) is 12.4. The number of piperidine rings is 1. The van der Waals surface area contributed by atoms with Gasteiger partial charge in [-0.2, -0.15) is 0 Å². The molecule has 1 aromatic heterocycles. The number of halogens is 1. The average molecular weight is 320 g/mol. The van der Waals surface area contributed by atoms with Crippen molar-refractivity contribution in [3.05, 3.63) is 16.1 Å². The number of nitrogens with two attached hydrogens (primary N) is 1. The molecule has 0 amide bonds. The number of aryl methyl sites for hydroxylation is 1. The maximum Gasteiger partial charge on any atom is 0.107 e. The summed E-state index contributed by atoms with van der Waals surface area (Å²) in [7, 11) is 1.80. The van der Waals surface area contributed by atoms with Crippen LogP contribution in [0, 0.1) is 0 Å². The number of thiazole rings is 1. The monoisotopic (exact) mass is 319 g/mol. The van der Waals surface area contributed by atoms with Crippen LogP contribution in [0.2, 0.25) is 0 Å². The smallest absolute Gasteiger partial charge is 0.107 e. The Kier molecular flexibility index (Phi) is 7.99. The van der Waals surface area contributed by atoms with E-state index in [2.05, 4.69) is 17.2 Å². The van der Waals surface area contributed by atoms with Crippen molar-refractivity contribution >= 4 is 23.7 Å². The highest BCUT2D eigenvalue weighted by molar-refractivity contribution is 7.09. The Morgan fingerprint density at radius 3 is 3.00 bits per heavy atom. The summed E-state index contributed by atoms with van der Waals surface area (Å²) in [6.45, 7) is 4.89. The molecule has 2 unspecified atom stereocenters. The summed E-state index contributed by atoms with van der Waals surface area (Å²) in [5.74, 6) is 0. The van der Waals surface area contributed by atoms with Gasteiger partial charge in [0.2, 0.25) is 0 Å². The number of likely N-dealkylation sites (tertiary alicyclic amines) is 1. The molecule has 0 aliphatic carbocycles. The SMILES string of the molecule is CCCc1csc(CN2CCC(OC)CC2CN)n1.Cl. The Balaban J connectivity index is 0.00000200. The van der Waals surface area contributed by atoms with Crippen LogP contribution in [-0.4, -0.2) is 42.2 Å². The highest BCUT2D eigenvalue weighted by Gasteiger charge is 2.27. The normalized spacial score (nSPS) is 23.6. The Morgan fingerprint density at radius 1 is 1.55 bits per heavy atom. The molecule has 1 aliphatic heterocycles. The lowest BCUT2D eigenvalue weighted by atomic mass is 9.99. The van der Waals surface area contributed by atoms with Gasteiger partial charge in [0, 0.05) is 31.6 Å². The van der Waals surface area contributed by atoms with E-state index in [1.807, 2.05) is 0 Å². The van der Waals surface area contributed by atoms with Gasteiger partial charge in [0.15, 0.2) is 0 Å². The second-order valence-electron chi connectivity index (χ2n) is 5.22. The molecule has 1 fully saturated rings.